The predicted molar refractivity (Wildman–Crippen MR) is 58.7 cm³/mol. The van der Waals surface area contributed by atoms with Crippen molar-refractivity contribution in [2.24, 2.45) is 0 Å². The van der Waals surface area contributed by atoms with Crippen LogP contribution in [0.5, 0.6) is 0 Å². The molecule has 86 valence electrons. The summed E-state index contributed by atoms with van der Waals surface area (Å²) in [5, 5.41) is 0.506. The average Bonchev–Trinajstić information content (AvgIpc) is 2.47. The Labute approximate surface area is 90.4 Å². The van der Waals surface area contributed by atoms with Crippen molar-refractivity contribution < 1.29 is 18.3 Å². The minimum absolute atomic E-state index is 0.335. The molecule has 4 nitrogen and oxygen atoms in total. The van der Waals surface area contributed by atoms with Gasteiger partial charge in [-0.3, -0.25) is 4.57 Å². The van der Waals surface area contributed by atoms with Crippen molar-refractivity contribution in [1.29, 1.82) is 0 Å². The van der Waals surface area contributed by atoms with E-state index in [1.807, 2.05) is 0 Å². The molecule has 5 heteroatoms. The first-order chi connectivity index (χ1) is 7.05. The van der Waals surface area contributed by atoms with Crippen LogP contribution in [0.2, 0.25) is 0 Å². The molecule has 15 heavy (non-hydrogen) atoms. The third-order valence-electron chi connectivity index (χ3n) is 2.00. The van der Waals surface area contributed by atoms with Gasteiger partial charge < -0.3 is 13.8 Å². The molecule has 0 fully saturated rings. The second-order valence-corrected chi connectivity index (χ2v) is 5.09. The van der Waals surface area contributed by atoms with Crippen LogP contribution in [0.4, 0.5) is 0 Å². The normalized spacial score (nSPS) is 17.1. The fourth-order valence-corrected chi connectivity index (χ4v) is 3.39. The number of rotatable bonds is 5. The summed E-state index contributed by atoms with van der Waals surface area (Å²) in [5.74, 6) is 0.588. The summed E-state index contributed by atoms with van der Waals surface area (Å²) in [6, 6.07) is 0. The fourth-order valence-electron chi connectivity index (χ4n) is 1.47. The summed E-state index contributed by atoms with van der Waals surface area (Å²) in [6.07, 6.45) is 0. The first-order valence-electron chi connectivity index (χ1n) is 4.96. The molecule has 0 saturated heterocycles. The molecule has 0 saturated carbocycles. The largest absolute Gasteiger partial charge is 0.493 e. The van der Waals surface area contributed by atoms with Gasteiger partial charge in [-0.25, -0.2) is 0 Å². The van der Waals surface area contributed by atoms with Crippen molar-refractivity contribution in [2.75, 3.05) is 19.8 Å². The maximum Gasteiger partial charge on any atom is 0.365 e. The van der Waals surface area contributed by atoms with Gasteiger partial charge in [0.2, 0.25) is 0 Å². The highest BCUT2D eigenvalue weighted by Gasteiger charge is 2.37. The van der Waals surface area contributed by atoms with E-state index in [2.05, 4.69) is 6.58 Å². The molecule has 0 spiro atoms. The lowest BCUT2D eigenvalue weighted by molar-refractivity contribution is 0.225. The van der Waals surface area contributed by atoms with E-state index in [1.165, 1.54) is 0 Å². The SMILES string of the molecule is C=C1COC(C)=C1P(=O)(OCC)OCC. The van der Waals surface area contributed by atoms with E-state index in [9.17, 15) is 4.57 Å². The highest BCUT2D eigenvalue weighted by Crippen LogP contribution is 2.61. The fraction of sp³-hybridized carbons (Fsp3) is 0.600. The monoisotopic (exact) mass is 232 g/mol. The molecule has 0 atom stereocenters. The van der Waals surface area contributed by atoms with E-state index in [0.717, 1.165) is 0 Å². The lowest BCUT2D eigenvalue weighted by Gasteiger charge is -2.18. The summed E-state index contributed by atoms with van der Waals surface area (Å²) in [4.78, 5) is 0. The molecular weight excluding hydrogens is 215 g/mol. The molecule has 0 aromatic carbocycles. The molecule has 0 radical (unpaired) electrons. The third kappa shape index (κ3) is 2.51. The Kier molecular flexibility index (Phi) is 4.14. The van der Waals surface area contributed by atoms with E-state index >= 15 is 0 Å². The summed E-state index contributed by atoms with van der Waals surface area (Å²) in [5.41, 5.74) is 0.678. The maximum absolute atomic E-state index is 12.4. The zero-order valence-corrected chi connectivity index (χ0v) is 10.3. The molecule has 0 unspecified atom stereocenters. The van der Waals surface area contributed by atoms with Crippen molar-refractivity contribution in [3.05, 3.63) is 23.2 Å². The summed E-state index contributed by atoms with van der Waals surface area (Å²) >= 11 is 0. The molecule has 1 aliphatic rings. The molecule has 1 aliphatic heterocycles. The smallest absolute Gasteiger partial charge is 0.365 e. The molecule has 0 aliphatic carbocycles. The van der Waals surface area contributed by atoms with Gasteiger partial charge in [-0.05, 0) is 20.8 Å². The Morgan fingerprint density at radius 1 is 1.40 bits per heavy atom. The zero-order chi connectivity index (χ0) is 11.5. The molecular formula is C10H17O4P. The third-order valence-corrected chi connectivity index (χ3v) is 4.38. The first kappa shape index (κ1) is 12.5. The molecule has 0 aromatic heterocycles. The van der Waals surface area contributed by atoms with E-state index in [1.54, 1.807) is 20.8 Å². The van der Waals surface area contributed by atoms with Gasteiger partial charge in [-0.1, -0.05) is 6.58 Å². The van der Waals surface area contributed by atoms with E-state index in [0.29, 0.717) is 36.5 Å². The Morgan fingerprint density at radius 2 is 1.93 bits per heavy atom. The Balaban J connectivity index is 3.04. The van der Waals surface area contributed by atoms with E-state index < -0.39 is 7.60 Å². The second-order valence-electron chi connectivity index (χ2n) is 3.13. The van der Waals surface area contributed by atoms with Crippen molar-refractivity contribution >= 4 is 7.60 Å². The van der Waals surface area contributed by atoms with Gasteiger partial charge >= 0.3 is 7.60 Å². The molecule has 0 bridgehead atoms. The van der Waals surface area contributed by atoms with Crippen LogP contribution in [0.1, 0.15) is 20.8 Å². The summed E-state index contributed by atoms with van der Waals surface area (Å²) in [6.45, 7) is 10.1. The topological polar surface area (TPSA) is 44.8 Å². The van der Waals surface area contributed by atoms with Gasteiger partial charge in [-0.2, -0.15) is 0 Å². The maximum atomic E-state index is 12.4. The molecule has 1 rings (SSSR count). The van der Waals surface area contributed by atoms with Crippen LogP contribution >= 0.6 is 7.60 Å². The van der Waals surface area contributed by atoms with Gasteiger partial charge in [0.1, 0.15) is 17.7 Å². The Hall–Kier alpha value is -0.570. The van der Waals surface area contributed by atoms with Gasteiger partial charge in [0.15, 0.2) is 0 Å². The van der Waals surface area contributed by atoms with E-state index in [4.69, 9.17) is 13.8 Å². The minimum Gasteiger partial charge on any atom is -0.493 e. The molecule has 0 aromatic rings. The van der Waals surface area contributed by atoms with Crippen LogP contribution in [0, 0.1) is 0 Å². The van der Waals surface area contributed by atoms with Crippen molar-refractivity contribution in [3.8, 4) is 0 Å². The standard InChI is InChI=1S/C10H17O4P/c1-5-13-15(11,14-6-2)10-8(3)7-12-9(10)4/h3,5-7H2,1-2,4H3. The van der Waals surface area contributed by atoms with E-state index in [-0.39, 0.29) is 0 Å². The van der Waals surface area contributed by atoms with Gasteiger partial charge in [-0.15, -0.1) is 0 Å². The van der Waals surface area contributed by atoms with Crippen LogP contribution in [-0.4, -0.2) is 19.8 Å². The number of hydrogen-bond donors (Lipinski definition) is 0. The average molecular weight is 232 g/mol. The van der Waals surface area contributed by atoms with Gasteiger partial charge in [0, 0.05) is 5.57 Å². The molecule has 0 amide bonds. The van der Waals surface area contributed by atoms with Gasteiger partial charge in [0.25, 0.3) is 0 Å². The molecule has 1 heterocycles. The van der Waals surface area contributed by atoms with Crippen LogP contribution in [0.3, 0.4) is 0 Å². The molecule has 0 N–H and O–H groups in total. The van der Waals surface area contributed by atoms with Crippen LogP contribution in [0.25, 0.3) is 0 Å². The lowest BCUT2D eigenvalue weighted by Crippen LogP contribution is -2.00. The number of hydrogen-bond acceptors (Lipinski definition) is 4. The number of ether oxygens (including phenoxy) is 1. The highest BCUT2D eigenvalue weighted by molar-refractivity contribution is 7.58. The Bertz CT molecular complexity index is 322. The lowest BCUT2D eigenvalue weighted by atomic mass is 10.3. The second kappa shape index (κ2) is 4.97. The number of allylic oxidation sites excluding steroid dienone is 1. The van der Waals surface area contributed by atoms with Crippen molar-refractivity contribution in [1.82, 2.24) is 0 Å². The summed E-state index contributed by atoms with van der Waals surface area (Å²) in [7, 11) is -3.22. The van der Waals surface area contributed by atoms with Crippen molar-refractivity contribution in [3.63, 3.8) is 0 Å². The first-order valence-corrected chi connectivity index (χ1v) is 6.51. The highest BCUT2D eigenvalue weighted by atomic mass is 31.2. The quantitative estimate of drug-likeness (QED) is 0.683. The van der Waals surface area contributed by atoms with Crippen LogP contribution in [-0.2, 0) is 18.3 Å². The van der Waals surface area contributed by atoms with Crippen molar-refractivity contribution in [2.45, 2.75) is 20.8 Å². The van der Waals surface area contributed by atoms with Crippen LogP contribution < -0.4 is 0 Å². The zero-order valence-electron chi connectivity index (χ0n) is 9.41. The summed E-state index contributed by atoms with van der Waals surface area (Å²) < 4.78 is 28.1. The Morgan fingerprint density at radius 3 is 2.27 bits per heavy atom. The minimum atomic E-state index is -3.22. The van der Waals surface area contributed by atoms with Gasteiger partial charge in [0.05, 0.1) is 13.2 Å². The van der Waals surface area contributed by atoms with Crippen LogP contribution in [0.15, 0.2) is 23.2 Å². The predicted octanol–water partition coefficient (Wildman–Crippen LogP) is 3.07.